The average Bonchev–Trinajstić information content (AvgIpc) is 3.24. The largest absolute Gasteiger partial charge is 0.494 e. The summed E-state index contributed by atoms with van der Waals surface area (Å²) in [5.74, 6) is 0.938. The first-order chi connectivity index (χ1) is 12.6. The molecule has 0 saturated heterocycles. The number of rotatable bonds is 4. The quantitative estimate of drug-likeness (QED) is 0.581. The van der Waals surface area contributed by atoms with E-state index in [1.54, 1.807) is 28.2 Å². The van der Waals surface area contributed by atoms with Crippen LogP contribution in [0.2, 0.25) is 0 Å². The molecule has 0 unspecified atom stereocenters. The van der Waals surface area contributed by atoms with Crippen LogP contribution in [-0.2, 0) is 7.05 Å². The van der Waals surface area contributed by atoms with Gasteiger partial charge in [-0.1, -0.05) is 6.07 Å². The van der Waals surface area contributed by atoms with Crippen LogP contribution in [0.5, 0.6) is 5.75 Å². The molecule has 26 heavy (non-hydrogen) atoms. The van der Waals surface area contributed by atoms with E-state index in [-0.39, 0.29) is 5.75 Å². The Morgan fingerprint density at radius 3 is 2.77 bits per heavy atom. The second-order valence-corrected chi connectivity index (χ2v) is 6.70. The van der Waals surface area contributed by atoms with Gasteiger partial charge in [0.05, 0.1) is 17.7 Å². The number of fused-ring (bicyclic) bond motifs is 1. The maximum atomic E-state index is 14.0. The minimum absolute atomic E-state index is 0.194. The van der Waals surface area contributed by atoms with Gasteiger partial charge >= 0.3 is 0 Å². The summed E-state index contributed by atoms with van der Waals surface area (Å²) in [5, 5.41) is 9.61. The Morgan fingerprint density at radius 2 is 2.08 bits per heavy atom. The molecular weight excluding hydrogens is 353 g/mol. The molecule has 0 atom stereocenters. The highest BCUT2D eigenvalue weighted by Gasteiger charge is 2.17. The van der Waals surface area contributed by atoms with E-state index < -0.39 is 5.82 Å². The van der Waals surface area contributed by atoms with Gasteiger partial charge in [0.25, 0.3) is 0 Å². The van der Waals surface area contributed by atoms with Gasteiger partial charge in [-0.15, -0.1) is 11.3 Å². The molecule has 0 aliphatic heterocycles. The van der Waals surface area contributed by atoms with E-state index in [0.29, 0.717) is 17.3 Å². The van der Waals surface area contributed by atoms with Crippen molar-refractivity contribution in [3.63, 3.8) is 0 Å². The van der Waals surface area contributed by atoms with Gasteiger partial charge < -0.3 is 10.1 Å². The molecule has 1 aromatic carbocycles. The fourth-order valence-electron chi connectivity index (χ4n) is 2.82. The predicted octanol–water partition coefficient (Wildman–Crippen LogP) is 4.29. The van der Waals surface area contributed by atoms with Crippen molar-refractivity contribution in [3.8, 4) is 16.5 Å². The van der Waals surface area contributed by atoms with Gasteiger partial charge in [-0.2, -0.15) is 5.10 Å². The van der Waals surface area contributed by atoms with Crippen LogP contribution in [0.1, 0.15) is 5.69 Å². The summed E-state index contributed by atoms with van der Waals surface area (Å²) in [7, 11) is 3.27. The molecule has 4 aromatic rings. The summed E-state index contributed by atoms with van der Waals surface area (Å²) in [4.78, 5) is 10.3. The first kappa shape index (κ1) is 16.5. The first-order valence-corrected chi connectivity index (χ1v) is 8.80. The Bertz CT molecular complexity index is 1090. The highest BCUT2D eigenvalue weighted by Crippen LogP contribution is 2.31. The van der Waals surface area contributed by atoms with E-state index in [1.165, 1.54) is 13.2 Å². The van der Waals surface area contributed by atoms with E-state index in [2.05, 4.69) is 20.4 Å². The first-order valence-electron chi connectivity index (χ1n) is 7.92. The van der Waals surface area contributed by atoms with E-state index >= 15 is 0 Å². The fourth-order valence-corrected chi connectivity index (χ4v) is 3.48. The SMILES string of the molecule is COc1ccc(Nc2nc(-c3cccs3)nc3c(C)nn(C)c23)cc1F. The molecule has 1 N–H and O–H groups in total. The molecular formula is C18H16FN5OS. The molecule has 0 fully saturated rings. The molecule has 8 heteroatoms. The molecule has 0 saturated carbocycles. The number of methoxy groups -OCH3 is 1. The van der Waals surface area contributed by atoms with Gasteiger partial charge in [-0.3, -0.25) is 4.68 Å². The highest BCUT2D eigenvalue weighted by molar-refractivity contribution is 7.13. The number of hydrogen-bond acceptors (Lipinski definition) is 6. The van der Waals surface area contributed by atoms with Crippen LogP contribution < -0.4 is 10.1 Å². The third-order valence-corrected chi connectivity index (χ3v) is 4.87. The minimum Gasteiger partial charge on any atom is -0.494 e. The number of nitrogens with one attached hydrogen (secondary N) is 1. The zero-order chi connectivity index (χ0) is 18.3. The average molecular weight is 369 g/mol. The van der Waals surface area contributed by atoms with Crippen LogP contribution in [0.25, 0.3) is 21.7 Å². The van der Waals surface area contributed by atoms with Crippen LogP contribution in [0.15, 0.2) is 35.7 Å². The smallest absolute Gasteiger partial charge is 0.172 e. The van der Waals surface area contributed by atoms with Gasteiger partial charge in [0.2, 0.25) is 0 Å². The van der Waals surface area contributed by atoms with Gasteiger partial charge in [-0.05, 0) is 30.5 Å². The van der Waals surface area contributed by atoms with Crippen LogP contribution in [0, 0.1) is 12.7 Å². The summed E-state index contributed by atoms with van der Waals surface area (Å²) in [6.07, 6.45) is 0. The Balaban J connectivity index is 1.86. The van der Waals surface area contributed by atoms with Gasteiger partial charge in [0.1, 0.15) is 11.0 Å². The standard InChI is InChI=1S/C18H16FN5OS/c1-10-15-16(24(2)23-10)18(22-17(21-15)14-5-4-8-26-14)20-11-6-7-13(25-3)12(19)9-11/h4-9H,1-3H3,(H,20,21,22). The number of aromatic nitrogens is 4. The Labute approximate surface area is 153 Å². The number of nitrogens with zero attached hydrogens (tertiary/aromatic N) is 4. The van der Waals surface area contributed by atoms with Crippen molar-refractivity contribution in [3.05, 3.63) is 47.2 Å². The minimum atomic E-state index is -0.442. The van der Waals surface area contributed by atoms with Gasteiger partial charge in [-0.25, -0.2) is 14.4 Å². The Morgan fingerprint density at radius 1 is 1.23 bits per heavy atom. The lowest BCUT2D eigenvalue weighted by Crippen LogP contribution is -2.02. The summed E-state index contributed by atoms with van der Waals surface area (Å²) in [6, 6.07) is 8.61. The van der Waals surface area contributed by atoms with E-state index in [0.717, 1.165) is 21.6 Å². The summed E-state index contributed by atoms with van der Waals surface area (Å²) in [6.45, 7) is 1.91. The van der Waals surface area contributed by atoms with Crippen molar-refractivity contribution in [2.75, 3.05) is 12.4 Å². The third-order valence-electron chi connectivity index (χ3n) is 4.01. The van der Waals surface area contributed by atoms with E-state index in [1.807, 2.05) is 31.5 Å². The number of halogens is 1. The number of aryl methyl sites for hydroxylation is 2. The summed E-state index contributed by atoms with van der Waals surface area (Å²) < 4.78 is 20.7. The lowest BCUT2D eigenvalue weighted by atomic mass is 10.2. The zero-order valence-corrected chi connectivity index (χ0v) is 15.3. The van der Waals surface area contributed by atoms with Crippen molar-refractivity contribution in [1.82, 2.24) is 19.7 Å². The second kappa shape index (κ2) is 6.38. The molecule has 3 aromatic heterocycles. The van der Waals surface area contributed by atoms with Crippen molar-refractivity contribution in [2.24, 2.45) is 7.05 Å². The Kier molecular flexibility index (Phi) is 4.04. The number of anilines is 2. The topological polar surface area (TPSA) is 64.9 Å². The van der Waals surface area contributed by atoms with Crippen molar-refractivity contribution in [1.29, 1.82) is 0 Å². The van der Waals surface area contributed by atoms with Gasteiger partial charge in [0.15, 0.2) is 23.2 Å². The maximum absolute atomic E-state index is 14.0. The lowest BCUT2D eigenvalue weighted by Gasteiger charge is -2.10. The molecule has 0 spiro atoms. The second-order valence-electron chi connectivity index (χ2n) is 5.75. The number of hydrogen-bond donors (Lipinski definition) is 1. The number of thiophene rings is 1. The van der Waals surface area contributed by atoms with E-state index in [9.17, 15) is 4.39 Å². The van der Waals surface area contributed by atoms with Crippen molar-refractivity contribution in [2.45, 2.75) is 6.92 Å². The molecule has 6 nitrogen and oxygen atoms in total. The normalized spacial score (nSPS) is 11.1. The molecule has 0 aliphatic carbocycles. The van der Waals surface area contributed by atoms with Crippen LogP contribution >= 0.6 is 11.3 Å². The summed E-state index contributed by atoms with van der Waals surface area (Å²) in [5.41, 5.74) is 2.91. The van der Waals surface area contributed by atoms with Crippen LogP contribution in [0.3, 0.4) is 0 Å². The van der Waals surface area contributed by atoms with Crippen LogP contribution in [-0.4, -0.2) is 26.9 Å². The molecule has 0 aliphatic rings. The molecule has 0 amide bonds. The molecule has 4 rings (SSSR count). The Hall–Kier alpha value is -3.00. The molecule has 3 heterocycles. The van der Waals surface area contributed by atoms with E-state index in [4.69, 9.17) is 4.74 Å². The lowest BCUT2D eigenvalue weighted by molar-refractivity contribution is 0.386. The maximum Gasteiger partial charge on any atom is 0.172 e. The fraction of sp³-hybridized carbons (Fsp3) is 0.167. The zero-order valence-electron chi connectivity index (χ0n) is 14.4. The molecule has 0 bridgehead atoms. The molecule has 132 valence electrons. The predicted molar refractivity (Wildman–Crippen MR) is 101 cm³/mol. The third kappa shape index (κ3) is 2.78. The van der Waals surface area contributed by atoms with Gasteiger partial charge in [0, 0.05) is 18.8 Å². The van der Waals surface area contributed by atoms with Crippen molar-refractivity contribution >= 4 is 33.9 Å². The number of ether oxygens (including phenoxy) is 1. The number of benzene rings is 1. The summed E-state index contributed by atoms with van der Waals surface area (Å²) >= 11 is 1.56. The molecule has 0 radical (unpaired) electrons. The highest BCUT2D eigenvalue weighted by atomic mass is 32.1. The monoisotopic (exact) mass is 369 g/mol. The van der Waals surface area contributed by atoms with Crippen LogP contribution in [0.4, 0.5) is 15.9 Å². The van der Waals surface area contributed by atoms with Crippen molar-refractivity contribution < 1.29 is 9.13 Å².